The van der Waals surface area contributed by atoms with E-state index in [0.717, 1.165) is 11.4 Å². The molecule has 3 aromatic rings. The van der Waals surface area contributed by atoms with Gasteiger partial charge in [-0.1, -0.05) is 0 Å². The number of rotatable bonds is 4. The third-order valence-corrected chi connectivity index (χ3v) is 3.52. The molecule has 16 N–H and O–H groups in total. The highest BCUT2D eigenvalue weighted by Crippen LogP contribution is 2.17. The summed E-state index contributed by atoms with van der Waals surface area (Å²) >= 11 is 0. The van der Waals surface area contributed by atoms with Crippen LogP contribution < -0.4 is 31.6 Å². The van der Waals surface area contributed by atoms with Gasteiger partial charge in [0.1, 0.15) is 0 Å². The quantitative estimate of drug-likeness (QED) is 0.256. The Labute approximate surface area is 202 Å². The van der Waals surface area contributed by atoms with Crippen molar-refractivity contribution in [2.24, 2.45) is 0 Å². The highest BCUT2D eigenvalue weighted by Gasteiger charge is 2.19. The number of pyridine rings is 2. The number of nitrogens with one attached hydrogen (secondary N) is 2. The van der Waals surface area contributed by atoms with Crippen molar-refractivity contribution < 1.29 is 71.5 Å². The molecule has 3 rings (SSSR count). The summed E-state index contributed by atoms with van der Waals surface area (Å²) in [5.41, 5.74) is 8.55. The average Bonchev–Trinajstić information content (AvgIpc) is 2.74. The molecule has 0 saturated heterocycles. The minimum Gasteiger partial charge on any atom is -0.545 e. The lowest BCUT2D eigenvalue weighted by molar-refractivity contribution is -0.377. The fraction of sp³-hybridized carbons (Fsp3) is 0. The lowest BCUT2D eigenvalue weighted by atomic mass is 9.98. The van der Waals surface area contributed by atoms with Gasteiger partial charge in [-0.2, -0.15) is 0 Å². The smallest absolute Gasteiger partial charge is 0.336 e. The third-order valence-electron chi connectivity index (χ3n) is 3.52. The van der Waals surface area contributed by atoms with Crippen LogP contribution in [-0.4, -0.2) is 56.0 Å². The Morgan fingerprint density at radius 1 is 0.639 bits per heavy atom. The van der Waals surface area contributed by atoms with Crippen LogP contribution in [0.25, 0.3) is 0 Å². The van der Waals surface area contributed by atoms with Crippen LogP contribution in [0, 0.1) is 0 Å². The molecule has 16 heteroatoms. The van der Waals surface area contributed by atoms with Crippen LogP contribution >= 0.6 is 0 Å². The molecule has 0 fully saturated rings. The standard InChI is InChI=1S/C10H6O8.2C5H6N2.4H2O/c11-7(12)3-1-4(8(13)14)6(10(17)18)2-5(3)9(15)16;2*6-5-2-1-3-7-4-5;;;;/h1-2H,(H,11,12)(H,13,14)(H,15,16)(H,17,18);2*1-4H,6H2;4*1H2. The van der Waals surface area contributed by atoms with Crippen LogP contribution in [0.1, 0.15) is 41.4 Å². The Kier molecular flexibility index (Phi) is 19.4. The van der Waals surface area contributed by atoms with E-state index in [1.165, 1.54) is 0 Å². The van der Waals surface area contributed by atoms with Crippen molar-refractivity contribution in [3.63, 3.8) is 0 Å². The largest absolute Gasteiger partial charge is 0.545 e. The van der Waals surface area contributed by atoms with E-state index >= 15 is 0 Å². The molecule has 16 nitrogen and oxygen atoms in total. The Bertz CT molecular complexity index is 977. The lowest BCUT2D eigenvalue weighted by Gasteiger charge is -2.13. The minimum atomic E-state index is -1.94. The molecule has 0 aliphatic carbocycles. The molecule has 0 saturated carbocycles. The van der Waals surface area contributed by atoms with Gasteiger partial charge in [0.15, 0.2) is 24.8 Å². The summed E-state index contributed by atoms with van der Waals surface area (Å²) in [5.74, 6) is -7.32. The highest BCUT2D eigenvalue weighted by molar-refractivity contribution is 6.08. The zero-order chi connectivity index (χ0) is 24.3. The monoisotopic (exact) mass is 514 g/mol. The number of carbonyl (C=O) groups excluding carboxylic acids is 2. The van der Waals surface area contributed by atoms with Crippen molar-refractivity contribution in [2.75, 3.05) is 11.5 Å². The fourth-order valence-electron chi connectivity index (χ4n) is 2.11. The zero-order valence-corrected chi connectivity index (χ0v) is 18.3. The van der Waals surface area contributed by atoms with Gasteiger partial charge in [-0.25, -0.2) is 19.6 Å². The molecule has 36 heavy (non-hydrogen) atoms. The number of carboxylic acid groups (broad SMARTS) is 4. The van der Waals surface area contributed by atoms with Gasteiger partial charge < -0.3 is 63.4 Å². The summed E-state index contributed by atoms with van der Waals surface area (Å²) in [6.45, 7) is 0. The van der Waals surface area contributed by atoms with E-state index < -0.39 is 46.1 Å². The Morgan fingerprint density at radius 3 is 1.11 bits per heavy atom. The first-order valence-electron chi connectivity index (χ1n) is 8.55. The SMILES string of the molecule is Nc1ccc[nH+]c1.Nc1ccc[nH+]c1.O.O.O.O.O=C([O-])c1cc(C(=O)[O-])c(C(=O)O)cc1C(=O)O. The van der Waals surface area contributed by atoms with E-state index in [4.69, 9.17) is 21.7 Å². The average molecular weight is 514 g/mol. The van der Waals surface area contributed by atoms with Crippen molar-refractivity contribution in [1.82, 2.24) is 0 Å². The molecule has 0 atom stereocenters. The first-order chi connectivity index (χ1) is 15.0. The van der Waals surface area contributed by atoms with E-state index in [9.17, 15) is 29.4 Å². The summed E-state index contributed by atoms with van der Waals surface area (Å²) in [5, 5.41) is 38.7. The van der Waals surface area contributed by atoms with E-state index in [-0.39, 0.29) is 21.9 Å². The van der Waals surface area contributed by atoms with E-state index in [0.29, 0.717) is 12.1 Å². The van der Waals surface area contributed by atoms with Crippen LogP contribution in [0.2, 0.25) is 0 Å². The van der Waals surface area contributed by atoms with Crippen molar-refractivity contribution in [2.45, 2.75) is 0 Å². The van der Waals surface area contributed by atoms with Crippen LogP contribution in [0.5, 0.6) is 0 Å². The molecule has 0 unspecified atom stereocenters. The van der Waals surface area contributed by atoms with E-state index in [2.05, 4.69) is 9.97 Å². The number of hydrogen-bond donors (Lipinski definition) is 4. The second-order valence-electron chi connectivity index (χ2n) is 5.80. The molecule has 2 aromatic heterocycles. The number of aromatic nitrogens is 2. The summed E-state index contributed by atoms with van der Waals surface area (Å²) in [7, 11) is 0. The van der Waals surface area contributed by atoms with Gasteiger partial charge >= 0.3 is 11.9 Å². The molecule has 198 valence electrons. The number of nitrogen functional groups attached to an aromatic ring is 2. The first-order valence-corrected chi connectivity index (χ1v) is 8.55. The molecular formula is C20H26N4O12. The number of nitrogens with two attached hydrogens (primary N) is 2. The van der Waals surface area contributed by atoms with Gasteiger partial charge in [0, 0.05) is 23.3 Å². The molecule has 0 aliphatic heterocycles. The number of aromatic amines is 2. The number of anilines is 2. The van der Waals surface area contributed by atoms with Gasteiger partial charge in [-0.3, -0.25) is 0 Å². The van der Waals surface area contributed by atoms with Gasteiger partial charge in [0.2, 0.25) is 0 Å². The minimum absolute atomic E-state index is 0. The van der Waals surface area contributed by atoms with Gasteiger partial charge in [-0.05, 0) is 24.3 Å². The second-order valence-corrected chi connectivity index (χ2v) is 5.80. The first kappa shape index (κ1) is 38.1. The Morgan fingerprint density at radius 2 is 0.944 bits per heavy atom. The van der Waals surface area contributed by atoms with E-state index in [1.54, 1.807) is 12.4 Å². The molecule has 0 aliphatic rings. The molecule has 0 spiro atoms. The maximum atomic E-state index is 10.7. The second kappa shape index (κ2) is 18.3. The Hall–Kier alpha value is -5.16. The van der Waals surface area contributed by atoms with Crippen LogP contribution in [0.4, 0.5) is 11.4 Å². The topological polar surface area (TPSA) is 361 Å². The Balaban J connectivity index is -0.000000237. The summed E-state index contributed by atoms with van der Waals surface area (Å²) in [6.07, 6.45) is 7.10. The van der Waals surface area contributed by atoms with Crippen LogP contribution in [0.15, 0.2) is 61.2 Å². The number of carboxylic acids is 4. The highest BCUT2D eigenvalue weighted by atomic mass is 16.4. The van der Waals surface area contributed by atoms with Crippen molar-refractivity contribution in [3.8, 4) is 0 Å². The molecular weight excluding hydrogens is 488 g/mol. The van der Waals surface area contributed by atoms with Gasteiger partial charge in [-0.15, -0.1) is 0 Å². The van der Waals surface area contributed by atoms with E-state index in [1.807, 2.05) is 36.7 Å². The predicted octanol–water partition coefficient (Wildman–Crippen LogP) is -5.32. The predicted molar refractivity (Wildman–Crippen MR) is 118 cm³/mol. The van der Waals surface area contributed by atoms with Gasteiger partial charge in [0.25, 0.3) is 0 Å². The number of H-pyrrole nitrogens is 2. The maximum absolute atomic E-state index is 10.7. The maximum Gasteiger partial charge on any atom is 0.336 e. The molecule has 2 heterocycles. The number of hydrogen-bond acceptors (Lipinski definition) is 8. The zero-order valence-electron chi connectivity index (χ0n) is 18.3. The summed E-state index contributed by atoms with van der Waals surface area (Å²) in [6, 6.07) is 8.19. The van der Waals surface area contributed by atoms with Crippen molar-refractivity contribution in [1.29, 1.82) is 0 Å². The number of aromatic carboxylic acids is 4. The van der Waals surface area contributed by atoms with Crippen molar-refractivity contribution >= 4 is 35.3 Å². The summed E-state index contributed by atoms with van der Waals surface area (Å²) < 4.78 is 0. The molecule has 1 aromatic carbocycles. The fourth-order valence-corrected chi connectivity index (χ4v) is 2.11. The molecule has 0 bridgehead atoms. The lowest BCUT2D eigenvalue weighted by Crippen LogP contribution is -2.29. The third kappa shape index (κ3) is 12.2. The van der Waals surface area contributed by atoms with Crippen molar-refractivity contribution in [3.05, 3.63) is 83.4 Å². The molecule has 0 radical (unpaired) electrons. The van der Waals surface area contributed by atoms with Crippen LogP contribution in [0.3, 0.4) is 0 Å². The molecule has 0 amide bonds. The number of benzene rings is 1. The normalized spacial score (nSPS) is 8.22. The van der Waals surface area contributed by atoms with Crippen LogP contribution in [-0.2, 0) is 0 Å². The summed E-state index contributed by atoms with van der Waals surface area (Å²) in [4.78, 5) is 48.4. The van der Waals surface area contributed by atoms with Gasteiger partial charge in [0.05, 0.1) is 34.4 Å². The number of carbonyl (C=O) groups is 4.